The van der Waals surface area contributed by atoms with Crippen LogP contribution in [-0.4, -0.2) is 30.3 Å². The maximum atomic E-state index is 10.4. The fourth-order valence-corrected chi connectivity index (χ4v) is 3.14. The summed E-state index contributed by atoms with van der Waals surface area (Å²) in [7, 11) is 1.74. The van der Waals surface area contributed by atoms with Crippen molar-refractivity contribution < 1.29 is 9.52 Å². The van der Waals surface area contributed by atoms with E-state index in [2.05, 4.69) is 15.6 Å². The minimum Gasteiger partial charge on any atom is -0.459 e. The fraction of sp³-hybridized carbons (Fsp3) is 0.500. The van der Waals surface area contributed by atoms with Gasteiger partial charge in [0.25, 0.3) is 0 Å². The van der Waals surface area contributed by atoms with Crippen molar-refractivity contribution in [1.29, 1.82) is 0 Å². The van der Waals surface area contributed by atoms with Gasteiger partial charge in [-0.1, -0.05) is 31.0 Å². The number of hydrogen-bond donors (Lipinski definition) is 3. The van der Waals surface area contributed by atoms with E-state index in [1.807, 2.05) is 37.3 Å². The van der Waals surface area contributed by atoms with Gasteiger partial charge < -0.3 is 20.2 Å². The number of para-hydroxylation sites is 1. The first-order valence-electron chi connectivity index (χ1n) is 8.28. The number of fused-ring (bicyclic) bond motifs is 1. The molecule has 0 spiro atoms. The molecule has 0 radical (unpaired) electrons. The molecule has 1 heterocycles. The number of aliphatic hydroxyl groups is 1. The van der Waals surface area contributed by atoms with Crippen LogP contribution < -0.4 is 10.6 Å². The van der Waals surface area contributed by atoms with Gasteiger partial charge in [0.15, 0.2) is 5.96 Å². The van der Waals surface area contributed by atoms with E-state index in [0.29, 0.717) is 12.5 Å². The molecule has 2 aromatic rings. The highest BCUT2D eigenvalue weighted by atomic mass is 127. The van der Waals surface area contributed by atoms with Gasteiger partial charge in [0.05, 0.1) is 11.6 Å². The van der Waals surface area contributed by atoms with Crippen molar-refractivity contribution in [3.05, 3.63) is 36.1 Å². The summed E-state index contributed by atoms with van der Waals surface area (Å²) in [6, 6.07) is 10.0. The van der Waals surface area contributed by atoms with Crippen molar-refractivity contribution in [3.8, 4) is 0 Å². The molecule has 1 fully saturated rings. The van der Waals surface area contributed by atoms with Gasteiger partial charge >= 0.3 is 0 Å². The lowest BCUT2D eigenvalue weighted by molar-refractivity contribution is 0.0521. The Labute approximate surface area is 159 Å². The summed E-state index contributed by atoms with van der Waals surface area (Å²) in [6.07, 6.45) is 3.91. The van der Waals surface area contributed by atoms with E-state index < -0.39 is 5.60 Å². The summed E-state index contributed by atoms with van der Waals surface area (Å²) in [5.74, 6) is 1.55. The molecular weight excluding hydrogens is 417 g/mol. The number of nitrogens with zero attached hydrogens (tertiary/aromatic N) is 1. The van der Waals surface area contributed by atoms with Crippen LogP contribution in [0.4, 0.5) is 0 Å². The van der Waals surface area contributed by atoms with Crippen LogP contribution in [0.3, 0.4) is 0 Å². The average molecular weight is 443 g/mol. The van der Waals surface area contributed by atoms with Gasteiger partial charge in [-0.25, -0.2) is 0 Å². The van der Waals surface area contributed by atoms with Gasteiger partial charge in [-0.15, -0.1) is 24.0 Å². The lowest BCUT2D eigenvalue weighted by atomic mass is 10.0. The highest BCUT2D eigenvalue weighted by molar-refractivity contribution is 14.0. The Bertz CT molecular complexity index is 659. The molecule has 3 N–H and O–H groups in total. The molecule has 0 saturated heterocycles. The van der Waals surface area contributed by atoms with Crippen LogP contribution in [0.25, 0.3) is 11.0 Å². The third kappa shape index (κ3) is 4.42. The Morgan fingerprint density at radius 1 is 1.33 bits per heavy atom. The van der Waals surface area contributed by atoms with Gasteiger partial charge in [-0.05, 0) is 31.9 Å². The average Bonchev–Trinajstić information content (AvgIpc) is 3.17. The van der Waals surface area contributed by atoms with Crippen LogP contribution in [-0.2, 0) is 0 Å². The second kappa shape index (κ2) is 8.20. The third-order valence-corrected chi connectivity index (χ3v) is 4.57. The molecule has 1 aromatic carbocycles. The predicted octanol–water partition coefficient (Wildman–Crippen LogP) is 3.58. The summed E-state index contributed by atoms with van der Waals surface area (Å²) in [5, 5.41) is 18.1. The Morgan fingerprint density at radius 2 is 2.04 bits per heavy atom. The molecular formula is C18H26IN3O2. The zero-order valence-electron chi connectivity index (χ0n) is 14.2. The summed E-state index contributed by atoms with van der Waals surface area (Å²) in [5.41, 5.74) is 0.291. The highest BCUT2D eigenvalue weighted by Gasteiger charge is 2.31. The van der Waals surface area contributed by atoms with E-state index in [4.69, 9.17) is 4.42 Å². The third-order valence-electron chi connectivity index (χ3n) is 4.57. The highest BCUT2D eigenvalue weighted by Crippen LogP contribution is 2.28. The number of nitrogens with one attached hydrogen (secondary N) is 2. The Kier molecular flexibility index (Phi) is 6.51. The minimum absolute atomic E-state index is 0. The van der Waals surface area contributed by atoms with Crippen molar-refractivity contribution in [2.24, 2.45) is 4.99 Å². The molecule has 1 aliphatic rings. The number of rotatable bonds is 4. The molecule has 1 saturated carbocycles. The number of benzene rings is 1. The van der Waals surface area contributed by atoms with Gasteiger partial charge in [-0.2, -0.15) is 0 Å². The molecule has 1 unspecified atom stereocenters. The van der Waals surface area contributed by atoms with Crippen LogP contribution in [0.5, 0.6) is 0 Å². The number of halogens is 1. The van der Waals surface area contributed by atoms with E-state index in [-0.39, 0.29) is 30.0 Å². The molecule has 0 aliphatic heterocycles. The van der Waals surface area contributed by atoms with Crippen molar-refractivity contribution >= 4 is 40.9 Å². The van der Waals surface area contributed by atoms with Crippen LogP contribution in [0.2, 0.25) is 0 Å². The summed E-state index contributed by atoms with van der Waals surface area (Å²) >= 11 is 0. The summed E-state index contributed by atoms with van der Waals surface area (Å²) < 4.78 is 5.88. The molecule has 6 heteroatoms. The van der Waals surface area contributed by atoms with Crippen LogP contribution in [0.1, 0.15) is 44.4 Å². The van der Waals surface area contributed by atoms with Crippen LogP contribution >= 0.6 is 24.0 Å². The molecule has 24 heavy (non-hydrogen) atoms. The lowest BCUT2D eigenvalue weighted by Gasteiger charge is -2.24. The molecule has 132 valence electrons. The predicted molar refractivity (Wildman–Crippen MR) is 108 cm³/mol. The topological polar surface area (TPSA) is 69.8 Å². The Balaban J connectivity index is 0.00000208. The maximum Gasteiger partial charge on any atom is 0.191 e. The van der Waals surface area contributed by atoms with E-state index >= 15 is 0 Å². The van der Waals surface area contributed by atoms with Crippen LogP contribution in [0, 0.1) is 0 Å². The first kappa shape index (κ1) is 19.1. The van der Waals surface area contributed by atoms with E-state index in [1.165, 1.54) is 0 Å². The van der Waals surface area contributed by atoms with Gasteiger partial charge in [-0.3, -0.25) is 4.99 Å². The standard InChI is InChI=1S/C18H25N3O2.HI/c1-13(16-11-14-7-3-4-8-15(14)23-16)21-17(19-2)20-12-18(22)9-5-6-10-18;/h3-4,7-8,11,13,22H,5-6,9-10,12H2,1-2H3,(H2,19,20,21);1H. The van der Waals surface area contributed by atoms with Gasteiger partial charge in [0, 0.05) is 19.0 Å². The lowest BCUT2D eigenvalue weighted by Crippen LogP contribution is -2.46. The molecule has 1 aromatic heterocycles. The SMILES string of the molecule is CN=C(NCC1(O)CCCC1)NC(C)c1cc2ccccc2o1.I. The zero-order valence-corrected chi connectivity index (χ0v) is 16.5. The van der Waals surface area contributed by atoms with E-state index in [0.717, 1.165) is 42.4 Å². The summed E-state index contributed by atoms with van der Waals surface area (Å²) in [6.45, 7) is 2.56. The molecule has 5 nitrogen and oxygen atoms in total. The van der Waals surface area contributed by atoms with Crippen molar-refractivity contribution in [3.63, 3.8) is 0 Å². The fourth-order valence-electron chi connectivity index (χ4n) is 3.14. The molecule has 3 rings (SSSR count). The Hall–Kier alpha value is -1.28. The maximum absolute atomic E-state index is 10.4. The quantitative estimate of drug-likeness (QED) is 0.384. The summed E-state index contributed by atoms with van der Waals surface area (Å²) in [4.78, 5) is 4.24. The van der Waals surface area contributed by atoms with Crippen molar-refractivity contribution in [2.75, 3.05) is 13.6 Å². The first-order chi connectivity index (χ1) is 11.1. The van der Waals surface area contributed by atoms with Crippen molar-refractivity contribution in [1.82, 2.24) is 10.6 Å². The number of furan rings is 1. The normalized spacial score (nSPS) is 18.2. The second-order valence-electron chi connectivity index (χ2n) is 6.41. The largest absolute Gasteiger partial charge is 0.459 e. The smallest absolute Gasteiger partial charge is 0.191 e. The van der Waals surface area contributed by atoms with Gasteiger partial charge in [0.1, 0.15) is 11.3 Å². The molecule has 1 atom stereocenters. The van der Waals surface area contributed by atoms with Gasteiger partial charge in [0.2, 0.25) is 0 Å². The number of guanidine groups is 1. The number of hydrogen-bond acceptors (Lipinski definition) is 3. The first-order valence-corrected chi connectivity index (χ1v) is 8.28. The molecule has 0 bridgehead atoms. The number of aliphatic imine (C=N–C) groups is 1. The monoisotopic (exact) mass is 443 g/mol. The Morgan fingerprint density at radius 3 is 2.71 bits per heavy atom. The zero-order chi connectivity index (χ0) is 16.3. The molecule has 0 amide bonds. The van der Waals surface area contributed by atoms with E-state index in [1.54, 1.807) is 7.05 Å². The van der Waals surface area contributed by atoms with Crippen LogP contribution in [0.15, 0.2) is 39.7 Å². The van der Waals surface area contributed by atoms with Crippen molar-refractivity contribution in [2.45, 2.75) is 44.2 Å². The second-order valence-corrected chi connectivity index (χ2v) is 6.41. The minimum atomic E-state index is -0.597. The van der Waals surface area contributed by atoms with E-state index in [9.17, 15) is 5.11 Å². The molecule has 1 aliphatic carbocycles.